The molecule has 0 saturated carbocycles. The van der Waals surface area contributed by atoms with Gasteiger partial charge in [0.25, 0.3) is 0 Å². The summed E-state index contributed by atoms with van der Waals surface area (Å²) in [5, 5.41) is 3.23. The summed E-state index contributed by atoms with van der Waals surface area (Å²) < 4.78 is 27.8. The average Bonchev–Trinajstić information content (AvgIpc) is 2.35. The SMILES string of the molecule is CCNC(CCc1ccc(OC)cc1)CS(C)(=O)=O. The molecule has 0 aromatic heterocycles. The standard InChI is InChI=1S/C14H23NO3S/c1-4-15-13(11-19(3,16)17)8-5-12-6-9-14(18-2)10-7-12/h6-7,9-10,13,15H,4-5,8,11H2,1-3H3. The van der Waals surface area contributed by atoms with Crippen LogP contribution in [0.15, 0.2) is 24.3 Å². The highest BCUT2D eigenvalue weighted by atomic mass is 32.2. The van der Waals surface area contributed by atoms with Crippen molar-refractivity contribution in [3.63, 3.8) is 0 Å². The molecule has 0 amide bonds. The zero-order valence-electron chi connectivity index (χ0n) is 11.8. The smallest absolute Gasteiger partial charge is 0.148 e. The molecule has 0 aliphatic heterocycles. The predicted octanol–water partition coefficient (Wildman–Crippen LogP) is 1.65. The average molecular weight is 285 g/mol. The minimum Gasteiger partial charge on any atom is -0.497 e. The lowest BCUT2D eigenvalue weighted by Crippen LogP contribution is -2.35. The highest BCUT2D eigenvalue weighted by molar-refractivity contribution is 7.90. The van der Waals surface area contributed by atoms with Crippen LogP contribution in [0, 0.1) is 0 Å². The Morgan fingerprint density at radius 3 is 2.37 bits per heavy atom. The lowest BCUT2D eigenvalue weighted by molar-refractivity contribution is 0.414. The maximum atomic E-state index is 11.4. The fourth-order valence-corrected chi connectivity index (χ4v) is 3.05. The van der Waals surface area contributed by atoms with E-state index in [0.29, 0.717) is 0 Å². The topological polar surface area (TPSA) is 55.4 Å². The zero-order chi connectivity index (χ0) is 14.3. The first-order chi connectivity index (χ1) is 8.94. The summed E-state index contributed by atoms with van der Waals surface area (Å²) in [4.78, 5) is 0. The van der Waals surface area contributed by atoms with E-state index in [0.717, 1.165) is 25.1 Å². The summed E-state index contributed by atoms with van der Waals surface area (Å²) in [5.41, 5.74) is 1.19. The van der Waals surface area contributed by atoms with Crippen LogP contribution in [0.2, 0.25) is 0 Å². The number of benzene rings is 1. The highest BCUT2D eigenvalue weighted by Gasteiger charge is 2.14. The van der Waals surface area contributed by atoms with E-state index in [1.165, 1.54) is 11.8 Å². The molecule has 5 heteroatoms. The summed E-state index contributed by atoms with van der Waals surface area (Å²) in [7, 11) is -1.30. The molecule has 0 bridgehead atoms. The molecule has 1 aromatic carbocycles. The molecule has 19 heavy (non-hydrogen) atoms. The Bertz CT molecular complexity index is 468. The van der Waals surface area contributed by atoms with Crippen LogP contribution < -0.4 is 10.1 Å². The van der Waals surface area contributed by atoms with Crippen molar-refractivity contribution >= 4 is 9.84 Å². The van der Waals surface area contributed by atoms with Gasteiger partial charge in [0.05, 0.1) is 12.9 Å². The van der Waals surface area contributed by atoms with Crippen LogP contribution in [0.5, 0.6) is 5.75 Å². The first-order valence-corrected chi connectivity index (χ1v) is 8.54. The molecule has 0 saturated heterocycles. The van der Waals surface area contributed by atoms with Gasteiger partial charge in [0.1, 0.15) is 15.6 Å². The number of hydrogen-bond donors (Lipinski definition) is 1. The molecule has 1 unspecified atom stereocenters. The normalized spacial score (nSPS) is 13.2. The van der Waals surface area contributed by atoms with Crippen LogP contribution >= 0.6 is 0 Å². The van der Waals surface area contributed by atoms with Gasteiger partial charge in [-0.15, -0.1) is 0 Å². The van der Waals surface area contributed by atoms with Gasteiger partial charge in [0, 0.05) is 12.3 Å². The lowest BCUT2D eigenvalue weighted by Gasteiger charge is -2.16. The van der Waals surface area contributed by atoms with Crippen LogP contribution in [-0.4, -0.2) is 40.1 Å². The van der Waals surface area contributed by atoms with Crippen LogP contribution in [-0.2, 0) is 16.3 Å². The van der Waals surface area contributed by atoms with E-state index in [2.05, 4.69) is 5.32 Å². The van der Waals surface area contributed by atoms with E-state index in [9.17, 15) is 8.42 Å². The summed E-state index contributed by atoms with van der Waals surface area (Å²) in [6.07, 6.45) is 2.95. The van der Waals surface area contributed by atoms with Crippen LogP contribution in [0.4, 0.5) is 0 Å². The van der Waals surface area contributed by atoms with Crippen LogP contribution in [0.25, 0.3) is 0 Å². The van der Waals surface area contributed by atoms with Gasteiger partial charge in [-0.2, -0.15) is 0 Å². The Hall–Kier alpha value is -1.07. The molecule has 4 nitrogen and oxygen atoms in total. The number of sulfone groups is 1. The Morgan fingerprint density at radius 1 is 1.26 bits per heavy atom. The van der Waals surface area contributed by atoms with Crippen molar-refractivity contribution in [2.45, 2.75) is 25.8 Å². The Balaban J connectivity index is 2.54. The molecule has 0 fully saturated rings. The highest BCUT2D eigenvalue weighted by Crippen LogP contribution is 2.13. The third-order valence-electron chi connectivity index (χ3n) is 2.94. The number of rotatable bonds is 8. The third-order valence-corrected chi connectivity index (χ3v) is 3.95. The second kappa shape index (κ2) is 7.50. The van der Waals surface area contributed by atoms with E-state index in [1.54, 1.807) is 7.11 Å². The number of ether oxygens (including phenoxy) is 1. The molecule has 0 radical (unpaired) electrons. The maximum absolute atomic E-state index is 11.4. The van der Waals surface area contributed by atoms with Crippen molar-refractivity contribution in [1.29, 1.82) is 0 Å². The molecule has 1 aromatic rings. The van der Waals surface area contributed by atoms with Gasteiger partial charge in [-0.25, -0.2) is 8.42 Å². The van der Waals surface area contributed by atoms with Gasteiger partial charge in [0.15, 0.2) is 0 Å². The van der Waals surface area contributed by atoms with E-state index in [1.807, 2.05) is 31.2 Å². The number of methoxy groups -OCH3 is 1. The predicted molar refractivity (Wildman–Crippen MR) is 78.5 cm³/mol. The minimum absolute atomic E-state index is 0.0158. The monoisotopic (exact) mass is 285 g/mol. The van der Waals surface area contributed by atoms with Crippen molar-refractivity contribution in [3.05, 3.63) is 29.8 Å². The molecule has 1 atom stereocenters. The molecular weight excluding hydrogens is 262 g/mol. The second-order valence-electron chi connectivity index (χ2n) is 4.73. The van der Waals surface area contributed by atoms with Crippen LogP contribution in [0.1, 0.15) is 18.9 Å². The molecule has 0 aliphatic rings. The Morgan fingerprint density at radius 2 is 1.89 bits per heavy atom. The fourth-order valence-electron chi connectivity index (χ4n) is 2.03. The van der Waals surface area contributed by atoms with Crippen molar-refractivity contribution in [3.8, 4) is 5.75 Å². The minimum atomic E-state index is -2.94. The van der Waals surface area contributed by atoms with Gasteiger partial charge in [-0.3, -0.25) is 0 Å². The molecule has 0 aliphatic carbocycles. The van der Waals surface area contributed by atoms with Gasteiger partial charge in [-0.1, -0.05) is 19.1 Å². The Labute approximate surface area is 116 Å². The molecule has 1 N–H and O–H groups in total. The molecule has 108 valence electrons. The van der Waals surface area contributed by atoms with Crippen molar-refractivity contribution in [2.24, 2.45) is 0 Å². The summed E-state index contributed by atoms with van der Waals surface area (Å²) in [6, 6.07) is 7.90. The van der Waals surface area contributed by atoms with E-state index in [4.69, 9.17) is 4.74 Å². The Kier molecular flexibility index (Phi) is 6.31. The van der Waals surface area contributed by atoms with Gasteiger partial charge in [-0.05, 0) is 37.1 Å². The first-order valence-electron chi connectivity index (χ1n) is 6.48. The molecule has 0 spiro atoms. The van der Waals surface area contributed by atoms with Crippen molar-refractivity contribution in [2.75, 3.05) is 25.7 Å². The van der Waals surface area contributed by atoms with E-state index >= 15 is 0 Å². The number of hydrogen-bond acceptors (Lipinski definition) is 4. The number of nitrogens with one attached hydrogen (secondary N) is 1. The fraction of sp³-hybridized carbons (Fsp3) is 0.571. The van der Waals surface area contributed by atoms with Gasteiger partial charge >= 0.3 is 0 Å². The van der Waals surface area contributed by atoms with Gasteiger partial charge < -0.3 is 10.1 Å². The molecule has 1 rings (SSSR count). The largest absolute Gasteiger partial charge is 0.497 e. The van der Waals surface area contributed by atoms with E-state index < -0.39 is 9.84 Å². The van der Waals surface area contributed by atoms with E-state index in [-0.39, 0.29) is 11.8 Å². The quantitative estimate of drug-likeness (QED) is 0.789. The first kappa shape index (κ1) is 16.0. The van der Waals surface area contributed by atoms with Crippen molar-refractivity contribution in [1.82, 2.24) is 5.32 Å². The maximum Gasteiger partial charge on any atom is 0.148 e. The zero-order valence-corrected chi connectivity index (χ0v) is 12.7. The number of aryl methyl sites for hydroxylation is 1. The van der Waals surface area contributed by atoms with Crippen LogP contribution in [0.3, 0.4) is 0 Å². The van der Waals surface area contributed by atoms with Gasteiger partial charge in [0.2, 0.25) is 0 Å². The molecular formula is C14H23NO3S. The van der Waals surface area contributed by atoms with Crippen molar-refractivity contribution < 1.29 is 13.2 Å². The molecule has 0 heterocycles. The third kappa shape index (κ3) is 6.59. The second-order valence-corrected chi connectivity index (χ2v) is 6.92. The summed E-state index contributed by atoms with van der Waals surface area (Å²) in [6.45, 7) is 2.77. The summed E-state index contributed by atoms with van der Waals surface area (Å²) >= 11 is 0. The summed E-state index contributed by atoms with van der Waals surface area (Å²) in [5.74, 6) is 1.03. The lowest BCUT2D eigenvalue weighted by atomic mass is 10.1.